The zero-order chi connectivity index (χ0) is 13.2. The van der Waals surface area contributed by atoms with E-state index < -0.39 is 22.2 Å². The lowest BCUT2D eigenvalue weighted by Gasteiger charge is -2.28. The lowest BCUT2D eigenvalue weighted by atomic mass is 9.93. The van der Waals surface area contributed by atoms with E-state index in [4.69, 9.17) is 5.73 Å². The maximum Gasteiger partial charge on any atom is 0.241 e. The normalized spacial score (nSPS) is 24.9. The summed E-state index contributed by atoms with van der Waals surface area (Å²) in [6.45, 7) is 0. The largest absolute Gasteiger partial charge is 0.391 e. The number of hydrogen-bond acceptors (Lipinski definition) is 5. The predicted octanol–water partition coefficient (Wildman–Crippen LogP) is 0.246. The highest BCUT2D eigenvalue weighted by Gasteiger charge is 2.28. The highest BCUT2D eigenvalue weighted by Crippen LogP contribution is 2.20. The van der Waals surface area contributed by atoms with Gasteiger partial charge < -0.3 is 10.8 Å². The number of aliphatic hydroxyl groups excluding tert-OH is 1. The fourth-order valence-electron chi connectivity index (χ4n) is 2.11. The maximum absolute atomic E-state index is 12.1. The van der Waals surface area contributed by atoms with Crippen molar-refractivity contribution in [2.45, 2.75) is 42.7 Å². The summed E-state index contributed by atoms with van der Waals surface area (Å²) in [5, 5.41) is 9.77. The summed E-state index contributed by atoms with van der Waals surface area (Å²) >= 11 is 0. The molecule has 100 valence electrons. The van der Waals surface area contributed by atoms with Gasteiger partial charge in [-0.1, -0.05) is 12.8 Å². The van der Waals surface area contributed by atoms with E-state index in [1.165, 1.54) is 18.3 Å². The Morgan fingerprint density at radius 1 is 1.39 bits per heavy atom. The van der Waals surface area contributed by atoms with Gasteiger partial charge in [0.1, 0.15) is 5.82 Å². The molecule has 1 aromatic rings. The topological polar surface area (TPSA) is 105 Å². The van der Waals surface area contributed by atoms with Crippen molar-refractivity contribution < 1.29 is 13.5 Å². The quantitative estimate of drug-likeness (QED) is 0.730. The molecule has 1 fully saturated rings. The molecule has 7 heteroatoms. The molecule has 1 aliphatic carbocycles. The highest BCUT2D eigenvalue weighted by atomic mass is 32.2. The monoisotopic (exact) mass is 271 g/mol. The zero-order valence-electron chi connectivity index (χ0n) is 9.91. The van der Waals surface area contributed by atoms with Crippen LogP contribution in [0.15, 0.2) is 23.2 Å². The number of sulfonamides is 1. The molecule has 1 aromatic heterocycles. The maximum atomic E-state index is 12.1. The summed E-state index contributed by atoms with van der Waals surface area (Å²) in [5.74, 6) is 0.155. The number of pyridine rings is 1. The van der Waals surface area contributed by atoms with Crippen molar-refractivity contribution in [3.63, 3.8) is 0 Å². The summed E-state index contributed by atoms with van der Waals surface area (Å²) in [6.07, 6.45) is 3.87. The molecule has 0 aliphatic heterocycles. The molecule has 4 N–H and O–H groups in total. The summed E-state index contributed by atoms with van der Waals surface area (Å²) < 4.78 is 26.7. The van der Waals surface area contributed by atoms with Crippen LogP contribution in [0.2, 0.25) is 0 Å². The van der Waals surface area contributed by atoms with Crippen LogP contribution >= 0.6 is 0 Å². The summed E-state index contributed by atoms with van der Waals surface area (Å²) in [6, 6.07) is 2.27. The van der Waals surface area contributed by atoms with Crippen molar-refractivity contribution in [1.29, 1.82) is 0 Å². The average molecular weight is 271 g/mol. The zero-order valence-corrected chi connectivity index (χ0v) is 10.7. The highest BCUT2D eigenvalue weighted by molar-refractivity contribution is 7.89. The van der Waals surface area contributed by atoms with E-state index in [2.05, 4.69) is 9.71 Å². The summed E-state index contributed by atoms with van der Waals surface area (Å²) in [4.78, 5) is 3.83. The van der Waals surface area contributed by atoms with Crippen LogP contribution < -0.4 is 10.5 Å². The number of hydrogen-bond donors (Lipinski definition) is 3. The van der Waals surface area contributed by atoms with Gasteiger partial charge in [-0.25, -0.2) is 18.1 Å². The van der Waals surface area contributed by atoms with E-state index in [-0.39, 0.29) is 10.7 Å². The number of aliphatic hydroxyl groups is 1. The molecule has 1 saturated carbocycles. The lowest BCUT2D eigenvalue weighted by molar-refractivity contribution is 0.101. The summed E-state index contributed by atoms with van der Waals surface area (Å²) in [7, 11) is -3.65. The van der Waals surface area contributed by atoms with Crippen LogP contribution in [0.1, 0.15) is 25.7 Å². The van der Waals surface area contributed by atoms with E-state index in [9.17, 15) is 13.5 Å². The van der Waals surface area contributed by atoms with Crippen molar-refractivity contribution in [1.82, 2.24) is 9.71 Å². The third kappa shape index (κ3) is 2.98. The van der Waals surface area contributed by atoms with Crippen LogP contribution in [-0.4, -0.2) is 30.7 Å². The molecule has 0 radical (unpaired) electrons. The molecule has 18 heavy (non-hydrogen) atoms. The van der Waals surface area contributed by atoms with Gasteiger partial charge in [-0.3, -0.25) is 0 Å². The van der Waals surface area contributed by atoms with Crippen molar-refractivity contribution in [2.24, 2.45) is 0 Å². The number of rotatable bonds is 3. The third-order valence-electron chi connectivity index (χ3n) is 3.10. The molecule has 0 bridgehead atoms. The number of nitrogens with zero attached hydrogens (tertiary/aromatic N) is 1. The minimum absolute atomic E-state index is 0.0766. The molecule has 2 atom stereocenters. The second kappa shape index (κ2) is 5.21. The van der Waals surface area contributed by atoms with Crippen molar-refractivity contribution in [3.8, 4) is 0 Å². The van der Waals surface area contributed by atoms with Crippen molar-refractivity contribution in [3.05, 3.63) is 18.3 Å². The van der Waals surface area contributed by atoms with Gasteiger partial charge in [-0.2, -0.15) is 0 Å². The van der Waals surface area contributed by atoms with E-state index in [0.29, 0.717) is 12.8 Å². The van der Waals surface area contributed by atoms with Gasteiger partial charge in [0.15, 0.2) is 0 Å². The number of aromatic nitrogens is 1. The number of anilines is 1. The van der Waals surface area contributed by atoms with Gasteiger partial charge in [0.25, 0.3) is 0 Å². The van der Waals surface area contributed by atoms with Crippen molar-refractivity contribution >= 4 is 15.8 Å². The van der Waals surface area contributed by atoms with Gasteiger partial charge in [0, 0.05) is 18.3 Å². The first-order valence-electron chi connectivity index (χ1n) is 5.91. The fraction of sp³-hybridized carbons (Fsp3) is 0.545. The third-order valence-corrected chi connectivity index (χ3v) is 4.59. The number of nitrogen functional groups attached to an aromatic ring is 1. The van der Waals surface area contributed by atoms with Crippen LogP contribution in [0.4, 0.5) is 5.82 Å². The smallest absolute Gasteiger partial charge is 0.241 e. The SMILES string of the molecule is Nc1cc(S(=O)(=O)NC2CCCCC2O)ccn1. The predicted molar refractivity (Wildman–Crippen MR) is 67.2 cm³/mol. The van der Waals surface area contributed by atoms with E-state index >= 15 is 0 Å². The Labute approximate surface area is 106 Å². The average Bonchev–Trinajstić information content (AvgIpc) is 2.32. The van der Waals surface area contributed by atoms with Gasteiger partial charge in [0.2, 0.25) is 10.0 Å². The fourth-order valence-corrected chi connectivity index (χ4v) is 3.44. The Morgan fingerprint density at radius 2 is 2.11 bits per heavy atom. The van der Waals surface area contributed by atoms with Gasteiger partial charge in [-0.05, 0) is 18.9 Å². The molecular formula is C11H17N3O3S. The van der Waals surface area contributed by atoms with Gasteiger partial charge >= 0.3 is 0 Å². The second-order valence-corrected chi connectivity index (χ2v) is 6.21. The van der Waals surface area contributed by atoms with Gasteiger partial charge in [-0.15, -0.1) is 0 Å². The Morgan fingerprint density at radius 3 is 2.78 bits per heavy atom. The number of nitrogens with two attached hydrogens (primary N) is 1. The van der Waals surface area contributed by atoms with Gasteiger partial charge in [0.05, 0.1) is 11.0 Å². The Hall–Kier alpha value is -1.18. The number of nitrogens with one attached hydrogen (secondary N) is 1. The minimum atomic E-state index is -3.65. The van der Waals surface area contributed by atoms with Crippen LogP contribution in [0.3, 0.4) is 0 Å². The minimum Gasteiger partial charge on any atom is -0.391 e. The molecule has 0 amide bonds. The molecule has 0 spiro atoms. The molecule has 0 saturated heterocycles. The summed E-state index contributed by atoms with van der Waals surface area (Å²) in [5.41, 5.74) is 5.46. The molecular weight excluding hydrogens is 254 g/mol. The first-order chi connectivity index (χ1) is 8.49. The van der Waals surface area contributed by atoms with E-state index in [1.807, 2.05) is 0 Å². The van der Waals surface area contributed by atoms with Crippen LogP contribution in [0.25, 0.3) is 0 Å². The van der Waals surface area contributed by atoms with Crippen LogP contribution in [-0.2, 0) is 10.0 Å². The Balaban J connectivity index is 2.16. The molecule has 6 nitrogen and oxygen atoms in total. The molecule has 2 rings (SSSR count). The lowest BCUT2D eigenvalue weighted by Crippen LogP contribution is -2.44. The van der Waals surface area contributed by atoms with Crippen LogP contribution in [0, 0.1) is 0 Å². The first kappa shape index (κ1) is 13.3. The van der Waals surface area contributed by atoms with E-state index in [0.717, 1.165) is 12.8 Å². The first-order valence-corrected chi connectivity index (χ1v) is 7.39. The Kier molecular flexibility index (Phi) is 3.84. The standard InChI is InChI=1S/C11H17N3O3S/c12-11-7-8(5-6-13-11)18(16,17)14-9-3-1-2-4-10(9)15/h5-7,9-10,14-15H,1-4H2,(H2,12,13). The molecule has 1 heterocycles. The molecule has 1 aliphatic rings. The second-order valence-electron chi connectivity index (χ2n) is 4.50. The molecule has 2 unspecified atom stereocenters. The molecule has 0 aromatic carbocycles. The Bertz CT molecular complexity index is 518. The van der Waals surface area contributed by atoms with E-state index in [1.54, 1.807) is 0 Å². The van der Waals surface area contributed by atoms with Crippen LogP contribution in [0.5, 0.6) is 0 Å². The van der Waals surface area contributed by atoms with Crippen molar-refractivity contribution in [2.75, 3.05) is 5.73 Å².